The highest BCUT2D eigenvalue weighted by Crippen LogP contribution is 2.25. The summed E-state index contributed by atoms with van der Waals surface area (Å²) in [6.07, 6.45) is 1.64. The van der Waals surface area contributed by atoms with Gasteiger partial charge in [0.15, 0.2) is 0 Å². The fraction of sp³-hybridized carbons (Fsp3) is 0.462. The Hall–Kier alpha value is -1.09. The number of rotatable bonds is 4. The zero-order chi connectivity index (χ0) is 12.1. The lowest BCUT2D eigenvalue weighted by molar-refractivity contribution is -0.117. The van der Waals surface area contributed by atoms with Gasteiger partial charge in [-0.15, -0.1) is 11.3 Å². The Morgan fingerprint density at radius 3 is 2.56 bits per heavy atom. The Bertz CT molecular complexity index is 361. The first-order valence-electron chi connectivity index (χ1n) is 5.49. The van der Waals surface area contributed by atoms with E-state index in [2.05, 4.69) is 25.2 Å². The molecular formula is C13H19NOS. The summed E-state index contributed by atoms with van der Waals surface area (Å²) in [7, 11) is 0. The largest absolute Gasteiger partial charge is 0.345 e. The Balaban J connectivity index is 2.74. The highest BCUT2D eigenvalue weighted by molar-refractivity contribution is 7.10. The second-order valence-electron chi connectivity index (χ2n) is 4.47. The van der Waals surface area contributed by atoms with E-state index in [1.54, 1.807) is 17.4 Å². The molecule has 16 heavy (non-hydrogen) atoms. The summed E-state index contributed by atoms with van der Waals surface area (Å²) in [5.74, 6) is 0.389. The Labute approximate surface area is 101 Å². The average molecular weight is 237 g/mol. The third-order valence-corrected chi connectivity index (χ3v) is 3.19. The zero-order valence-electron chi connectivity index (χ0n) is 10.3. The van der Waals surface area contributed by atoms with Crippen molar-refractivity contribution in [3.8, 4) is 0 Å². The van der Waals surface area contributed by atoms with Crippen LogP contribution in [-0.2, 0) is 4.79 Å². The lowest BCUT2D eigenvalue weighted by atomic mass is 10.0. The van der Waals surface area contributed by atoms with Crippen molar-refractivity contribution in [2.75, 3.05) is 0 Å². The van der Waals surface area contributed by atoms with Gasteiger partial charge in [0, 0.05) is 11.0 Å². The van der Waals surface area contributed by atoms with E-state index in [1.807, 2.05) is 25.3 Å². The minimum absolute atomic E-state index is 0.00731. The molecule has 1 rings (SSSR count). The summed E-state index contributed by atoms with van der Waals surface area (Å²) in [5.41, 5.74) is 1.02. The minimum atomic E-state index is -0.00731. The van der Waals surface area contributed by atoms with E-state index in [0.29, 0.717) is 5.92 Å². The van der Waals surface area contributed by atoms with E-state index >= 15 is 0 Å². The molecule has 0 fully saturated rings. The molecule has 1 heterocycles. The number of carbonyl (C=O) groups excluding carboxylic acids is 1. The molecule has 1 atom stereocenters. The smallest absolute Gasteiger partial charge is 0.244 e. The molecule has 1 amide bonds. The fourth-order valence-corrected chi connectivity index (χ4v) is 2.44. The van der Waals surface area contributed by atoms with Crippen LogP contribution in [0.4, 0.5) is 0 Å². The Morgan fingerprint density at radius 1 is 1.44 bits per heavy atom. The quantitative estimate of drug-likeness (QED) is 0.797. The second-order valence-corrected chi connectivity index (χ2v) is 5.45. The minimum Gasteiger partial charge on any atom is -0.345 e. The van der Waals surface area contributed by atoms with E-state index in [1.165, 1.54) is 4.88 Å². The van der Waals surface area contributed by atoms with Crippen molar-refractivity contribution in [3.05, 3.63) is 34.0 Å². The zero-order valence-corrected chi connectivity index (χ0v) is 11.1. The predicted molar refractivity (Wildman–Crippen MR) is 69.5 cm³/mol. The molecule has 0 saturated heterocycles. The third kappa shape index (κ3) is 3.81. The van der Waals surface area contributed by atoms with Crippen molar-refractivity contribution < 1.29 is 4.79 Å². The van der Waals surface area contributed by atoms with E-state index in [4.69, 9.17) is 0 Å². The predicted octanol–water partition coefficient (Wildman–Crippen LogP) is 3.53. The molecule has 1 aromatic rings. The van der Waals surface area contributed by atoms with Gasteiger partial charge in [0.1, 0.15) is 0 Å². The number of hydrogen-bond acceptors (Lipinski definition) is 2. The van der Waals surface area contributed by atoms with Crippen molar-refractivity contribution in [2.45, 2.75) is 33.7 Å². The lowest BCUT2D eigenvalue weighted by Gasteiger charge is -2.20. The summed E-state index contributed by atoms with van der Waals surface area (Å²) >= 11 is 1.68. The maximum absolute atomic E-state index is 11.7. The summed E-state index contributed by atoms with van der Waals surface area (Å²) in [5, 5.41) is 5.08. The summed E-state index contributed by atoms with van der Waals surface area (Å²) in [6, 6.07) is 4.20. The van der Waals surface area contributed by atoms with Gasteiger partial charge in [-0.25, -0.2) is 0 Å². The Kier molecular flexibility index (Phi) is 4.74. The van der Waals surface area contributed by atoms with E-state index in [0.717, 1.165) is 5.57 Å². The van der Waals surface area contributed by atoms with Crippen LogP contribution in [-0.4, -0.2) is 5.91 Å². The molecule has 0 unspecified atom stereocenters. The number of nitrogens with one attached hydrogen (secondary N) is 1. The highest BCUT2D eigenvalue weighted by Gasteiger charge is 2.17. The maximum atomic E-state index is 11.7. The van der Waals surface area contributed by atoms with Crippen LogP contribution in [0.5, 0.6) is 0 Å². The molecule has 2 nitrogen and oxygen atoms in total. The molecule has 1 aromatic heterocycles. The van der Waals surface area contributed by atoms with Crippen molar-refractivity contribution in [3.63, 3.8) is 0 Å². The van der Waals surface area contributed by atoms with Crippen LogP contribution in [0.1, 0.15) is 38.6 Å². The molecule has 88 valence electrons. The topological polar surface area (TPSA) is 29.1 Å². The number of hydrogen-bond donors (Lipinski definition) is 1. The molecule has 0 saturated carbocycles. The van der Waals surface area contributed by atoms with Gasteiger partial charge in [-0.05, 0) is 31.2 Å². The number of carbonyl (C=O) groups is 1. The first kappa shape index (κ1) is 13.0. The van der Waals surface area contributed by atoms with Crippen LogP contribution >= 0.6 is 11.3 Å². The van der Waals surface area contributed by atoms with Crippen molar-refractivity contribution in [2.24, 2.45) is 5.92 Å². The van der Waals surface area contributed by atoms with Crippen LogP contribution in [0.3, 0.4) is 0 Å². The number of allylic oxidation sites excluding steroid dienone is 1. The first-order chi connectivity index (χ1) is 7.50. The van der Waals surface area contributed by atoms with Crippen LogP contribution in [0.25, 0.3) is 0 Å². The third-order valence-electron chi connectivity index (χ3n) is 2.23. The van der Waals surface area contributed by atoms with Gasteiger partial charge < -0.3 is 5.32 Å². The number of thiophene rings is 1. The monoisotopic (exact) mass is 237 g/mol. The van der Waals surface area contributed by atoms with Crippen molar-refractivity contribution >= 4 is 17.2 Å². The SMILES string of the molecule is CC(C)=CC(=O)N[C@H](c1cccs1)C(C)C. The van der Waals surface area contributed by atoms with Crippen molar-refractivity contribution in [1.82, 2.24) is 5.32 Å². The van der Waals surface area contributed by atoms with Gasteiger partial charge in [-0.3, -0.25) is 4.79 Å². The van der Waals surface area contributed by atoms with E-state index in [-0.39, 0.29) is 11.9 Å². The van der Waals surface area contributed by atoms with Crippen LogP contribution in [0.15, 0.2) is 29.2 Å². The normalized spacial score (nSPS) is 12.3. The van der Waals surface area contributed by atoms with E-state index in [9.17, 15) is 4.79 Å². The highest BCUT2D eigenvalue weighted by atomic mass is 32.1. The molecule has 0 aliphatic rings. The summed E-state index contributed by atoms with van der Waals surface area (Å²) in [6.45, 7) is 8.09. The van der Waals surface area contributed by atoms with Gasteiger partial charge >= 0.3 is 0 Å². The van der Waals surface area contributed by atoms with Gasteiger partial charge in [0.05, 0.1) is 6.04 Å². The van der Waals surface area contributed by atoms with Gasteiger partial charge in [-0.2, -0.15) is 0 Å². The summed E-state index contributed by atoms with van der Waals surface area (Å²) in [4.78, 5) is 12.9. The molecule has 0 radical (unpaired) electrons. The molecule has 0 aliphatic carbocycles. The first-order valence-corrected chi connectivity index (χ1v) is 6.37. The summed E-state index contributed by atoms with van der Waals surface area (Å²) < 4.78 is 0. The Morgan fingerprint density at radius 2 is 2.12 bits per heavy atom. The van der Waals surface area contributed by atoms with Crippen LogP contribution < -0.4 is 5.32 Å². The van der Waals surface area contributed by atoms with Crippen LogP contribution in [0, 0.1) is 5.92 Å². The van der Waals surface area contributed by atoms with Gasteiger partial charge in [0.2, 0.25) is 5.91 Å². The fourth-order valence-electron chi connectivity index (χ4n) is 1.49. The number of amides is 1. The molecule has 0 bridgehead atoms. The molecule has 1 N–H and O–H groups in total. The lowest BCUT2D eigenvalue weighted by Crippen LogP contribution is -2.29. The van der Waals surface area contributed by atoms with Gasteiger partial charge in [-0.1, -0.05) is 25.5 Å². The second kappa shape index (κ2) is 5.85. The van der Waals surface area contributed by atoms with Crippen LogP contribution in [0.2, 0.25) is 0 Å². The van der Waals surface area contributed by atoms with E-state index < -0.39 is 0 Å². The molecule has 0 aliphatic heterocycles. The van der Waals surface area contributed by atoms with Crippen molar-refractivity contribution in [1.29, 1.82) is 0 Å². The molecular weight excluding hydrogens is 218 g/mol. The molecule has 0 spiro atoms. The maximum Gasteiger partial charge on any atom is 0.244 e. The molecule has 0 aromatic carbocycles. The van der Waals surface area contributed by atoms with Gasteiger partial charge in [0.25, 0.3) is 0 Å². The molecule has 3 heteroatoms. The average Bonchev–Trinajstić information content (AvgIpc) is 2.64. The standard InChI is InChI=1S/C13H19NOS/c1-9(2)8-12(15)14-13(10(3)4)11-6-5-7-16-11/h5-8,10,13H,1-4H3,(H,14,15)/t13-/m0/s1.